The summed E-state index contributed by atoms with van der Waals surface area (Å²) in [5.41, 5.74) is 2.00. The minimum absolute atomic E-state index is 0.404. The molecule has 3 rings (SSSR count). The van der Waals surface area contributed by atoms with Gasteiger partial charge in [-0.2, -0.15) is 4.98 Å². The number of hydrogen-bond acceptors (Lipinski definition) is 4. The lowest BCUT2D eigenvalue weighted by Gasteiger charge is -2.08. The van der Waals surface area contributed by atoms with Crippen molar-refractivity contribution in [3.05, 3.63) is 71.1 Å². The normalized spacial score (nSPS) is 10.2. The number of anilines is 2. The van der Waals surface area contributed by atoms with Gasteiger partial charge in [-0.05, 0) is 24.3 Å². The molecule has 0 aliphatic rings. The maximum absolute atomic E-state index is 11.8. The third kappa shape index (κ3) is 3.15. The Kier molecular flexibility index (Phi) is 3.87. The van der Waals surface area contributed by atoms with Crippen LogP contribution in [0.25, 0.3) is 11.3 Å². The molecule has 2 aromatic carbocycles. The maximum Gasteiger partial charge on any atom is 0.347 e. The van der Waals surface area contributed by atoms with Crippen molar-refractivity contribution in [1.82, 2.24) is 9.97 Å². The van der Waals surface area contributed by atoms with Crippen LogP contribution < -0.4 is 15.7 Å². The van der Waals surface area contributed by atoms with Crippen LogP contribution in [0.15, 0.2) is 65.5 Å². The fourth-order valence-electron chi connectivity index (χ4n) is 2.14. The lowest BCUT2D eigenvalue weighted by molar-refractivity contribution is 0.415. The summed E-state index contributed by atoms with van der Waals surface area (Å²) in [5, 5.41) is 3.12. The highest BCUT2D eigenvalue weighted by Crippen LogP contribution is 2.23. The molecule has 22 heavy (non-hydrogen) atoms. The first-order chi connectivity index (χ1) is 10.7. The molecule has 0 aliphatic heterocycles. The van der Waals surface area contributed by atoms with Crippen molar-refractivity contribution in [2.75, 3.05) is 12.4 Å². The molecule has 1 aromatic heterocycles. The molecule has 0 fully saturated rings. The van der Waals surface area contributed by atoms with Crippen molar-refractivity contribution in [3.8, 4) is 17.0 Å². The highest BCUT2D eigenvalue weighted by Gasteiger charge is 2.05. The average molecular weight is 293 g/mol. The third-order valence-electron chi connectivity index (χ3n) is 3.17. The minimum Gasteiger partial charge on any atom is -0.497 e. The van der Waals surface area contributed by atoms with E-state index in [4.69, 9.17) is 4.74 Å². The Balaban J connectivity index is 1.97. The molecule has 0 atom stereocenters. The van der Waals surface area contributed by atoms with Crippen LogP contribution in [0.1, 0.15) is 0 Å². The molecule has 0 radical (unpaired) electrons. The highest BCUT2D eigenvalue weighted by molar-refractivity contribution is 5.66. The predicted molar refractivity (Wildman–Crippen MR) is 86.6 cm³/mol. The van der Waals surface area contributed by atoms with Gasteiger partial charge in [-0.1, -0.05) is 30.3 Å². The van der Waals surface area contributed by atoms with E-state index >= 15 is 0 Å². The number of ether oxygens (including phenoxy) is 1. The van der Waals surface area contributed by atoms with E-state index in [0.29, 0.717) is 11.5 Å². The summed E-state index contributed by atoms with van der Waals surface area (Å²) in [4.78, 5) is 18.5. The first-order valence-electron chi connectivity index (χ1n) is 6.82. The van der Waals surface area contributed by atoms with Crippen LogP contribution in [0.2, 0.25) is 0 Å². The quantitative estimate of drug-likeness (QED) is 0.775. The average Bonchev–Trinajstić information content (AvgIpc) is 2.55. The molecule has 2 N–H and O–H groups in total. The van der Waals surface area contributed by atoms with Gasteiger partial charge in [0.1, 0.15) is 11.6 Å². The second kappa shape index (κ2) is 6.13. The van der Waals surface area contributed by atoms with Crippen LogP contribution in [0.3, 0.4) is 0 Å². The van der Waals surface area contributed by atoms with Gasteiger partial charge < -0.3 is 15.0 Å². The summed E-state index contributed by atoms with van der Waals surface area (Å²) < 4.78 is 5.21. The Morgan fingerprint density at radius 2 is 1.86 bits per heavy atom. The van der Waals surface area contributed by atoms with E-state index in [2.05, 4.69) is 15.3 Å². The van der Waals surface area contributed by atoms with Crippen LogP contribution in [-0.2, 0) is 0 Å². The summed E-state index contributed by atoms with van der Waals surface area (Å²) in [7, 11) is 1.61. The monoisotopic (exact) mass is 293 g/mol. The largest absolute Gasteiger partial charge is 0.497 e. The van der Waals surface area contributed by atoms with Crippen molar-refractivity contribution in [2.24, 2.45) is 0 Å². The van der Waals surface area contributed by atoms with Gasteiger partial charge in [0.25, 0.3) is 0 Å². The second-order valence-corrected chi connectivity index (χ2v) is 4.71. The number of benzene rings is 2. The van der Waals surface area contributed by atoms with Crippen LogP contribution in [0, 0.1) is 0 Å². The number of H-pyrrole nitrogens is 1. The highest BCUT2D eigenvalue weighted by atomic mass is 16.5. The smallest absolute Gasteiger partial charge is 0.347 e. The van der Waals surface area contributed by atoms with E-state index in [-0.39, 0.29) is 0 Å². The SMILES string of the molecule is COc1cccc(-c2cc(Nc3ccccc3)nc(=O)[nH]2)c1. The Labute approximate surface area is 127 Å². The van der Waals surface area contributed by atoms with Crippen molar-refractivity contribution in [1.29, 1.82) is 0 Å². The molecule has 1 heterocycles. The molecule has 0 amide bonds. The maximum atomic E-state index is 11.8. The third-order valence-corrected chi connectivity index (χ3v) is 3.17. The Morgan fingerprint density at radius 1 is 1.05 bits per heavy atom. The van der Waals surface area contributed by atoms with E-state index in [0.717, 1.165) is 17.0 Å². The topological polar surface area (TPSA) is 67.0 Å². The Bertz CT molecular complexity index is 829. The number of nitrogens with one attached hydrogen (secondary N) is 2. The van der Waals surface area contributed by atoms with Gasteiger partial charge in [-0.3, -0.25) is 0 Å². The van der Waals surface area contributed by atoms with Gasteiger partial charge in [-0.25, -0.2) is 4.79 Å². The summed E-state index contributed by atoms with van der Waals surface area (Å²) in [6.45, 7) is 0. The fourth-order valence-corrected chi connectivity index (χ4v) is 2.14. The van der Waals surface area contributed by atoms with Crippen LogP contribution in [-0.4, -0.2) is 17.1 Å². The molecule has 0 aliphatic carbocycles. The van der Waals surface area contributed by atoms with Crippen molar-refractivity contribution in [3.63, 3.8) is 0 Å². The van der Waals surface area contributed by atoms with E-state index in [1.54, 1.807) is 13.2 Å². The number of nitrogens with zero attached hydrogens (tertiary/aromatic N) is 1. The lowest BCUT2D eigenvalue weighted by atomic mass is 10.1. The summed E-state index contributed by atoms with van der Waals surface area (Å²) >= 11 is 0. The summed E-state index contributed by atoms with van der Waals surface area (Å²) in [5.74, 6) is 1.22. The van der Waals surface area contributed by atoms with Crippen molar-refractivity contribution >= 4 is 11.5 Å². The molecule has 0 spiro atoms. The van der Waals surface area contributed by atoms with Gasteiger partial charge in [0.2, 0.25) is 0 Å². The molecule has 0 bridgehead atoms. The zero-order valence-corrected chi connectivity index (χ0v) is 12.0. The lowest BCUT2D eigenvalue weighted by Crippen LogP contribution is -2.13. The van der Waals surface area contributed by atoms with Crippen LogP contribution in [0.5, 0.6) is 5.75 Å². The minimum atomic E-state index is -0.404. The number of para-hydroxylation sites is 1. The molecule has 3 aromatic rings. The molecule has 0 unspecified atom stereocenters. The van der Waals surface area contributed by atoms with E-state index in [1.807, 2.05) is 54.6 Å². The van der Waals surface area contributed by atoms with E-state index in [9.17, 15) is 4.79 Å². The van der Waals surface area contributed by atoms with Crippen LogP contribution >= 0.6 is 0 Å². The second-order valence-electron chi connectivity index (χ2n) is 4.71. The van der Waals surface area contributed by atoms with Crippen molar-refractivity contribution < 1.29 is 4.74 Å². The van der Waals surface area contributed by atoms with E-state index in [1.165, 1.54) is 0 Å². The zero-order chi connectivity index (χ0) is 15.4. The number of aromatic nitrogens is 2. The predicted octanol–water partition coefficient (Wildman–Crippen LogP) is 3.19. The number of aromatic amines is 1. The zero-order valence-electron chi connectivity index (χ0n) is 12.0. The molecule has 5 heteroatoms. The number of rotatable bonds is 4. The van der Waals surface area contributed by atoms with Gasteiger partial charge in [0.15, 0.2) is 0 Å². The van der Waals surface area contributed by atoms with Gasteiger partial charge in [0.05, 0.1) is 12.8 Å². The van der Waals surface area contributed by atoms with Gasteiger partial charge in [-0.15, -0.1) is 0 Å². The molecule has 0 saturated heterocycles. The van der Waals surface area contributed by atoms with Gasteiger partial charge >= 0.3 is 5.69 Å². The molecule has 0 saturated carbocycles. The van der Waals surface area contributed by atoms with Crippen molar-refractivity contribution in [2.45, 2.75) is 0 Å². The number of methoxy groups -OCH3 is 1. The standard InChI is InChI=1S/C17H15N3O2/c1-22-14-9-5-6-12(10-14)15-11-16(20-17(21)19-15)18-13-7-3-2-4-8-13/h2-11H,1H3,(H2,18,19,20,21). The number of hydrogen-bond donors (Lipinski definition) is 2. The molecular formula is C17H15N3O2. The molecule has 5 nitrogen and oxygen atoms in total. The summed E-state index contributed by atoms with van der Waals surface area (Å²) in [6, 6.07) is 18.9. The Morgan fingerprint density at radius 3 is 2.64 bits per heavy atom. The Hall–Kier alpha value is -3.08. The first-order valence-corrected chi connectivity index (χ1v) is 6.82. The summed E-state index contributed by atoms with van der Waals surface area (Å²) in [6.07, 6.45) is 0. The van der Waals surface area contributed by atoms with E-state index < -0.39 is 5.69 Å². The van der Waals surface area contributed by atoms with Gasteiger partial charge in [0, 0.05) is 17.3 Å². The molecular weight excluding hydrogens is 278 g/mol. The fraction of sp³-hybridized carbons (Fsp3) is 0.0588. The molecule has 110 valence electrons. The first kappa shape index (κ1) is 13.9. The van der Waals surface area contributed by atoms with Crippen LogP contribution in [0.4, 0.5) is 11.5 Å².